The van der Waals surface area contributed by atoms with Crippen molar-refractivity contribution in [3.05, 3.63) is 11.1 Å². The smallest absolute Gasteiger partial charge is 0.189 e. The molecular weight excluding hydrogens is 226 g/mol. The third-order valence-electron chi connectivity index (χ3n) is 1.25. The molecule has 0 amide bonds. The normalized spacial score (nSPS) is 9.69. The summed E-state index contributed by atoms with van der Waals surface area (Å²) >= 11 is 12.1. The van der Waals surface area contributed by atoms with Crippen LogP contribution in [-0.2, 0) is 5.88 Å². The van der Waals surface area contributed by atoms with Crippen LogP contribution >= 0.6 is 35.2 Å². The van der Waals surface area contributed by atoms with E-state index in [4.69, 9.17) is 23.8 Å². The number of thiocarbonyl (C=S) groups is 1. The molecule has 0 aliphatic rings. The molecule has 0 saturated carbocycles. The van der Waals surface area contributed by atoms with Crippen LogP contribution in [0.25, 0.3) is 0 Å². The molecule has 3 nitrogen and oxygen atoms in total. The van der Waals surface area contributed by atoms with Gasteiger partial charge in [-0.3, -0.25) is 0 Å². The van der Waals surface area contributed by atoms with Crippen LogP contribution in [0.5, 0.6) is 0 Å². The topological polar surface area (TPSA) is 37.0 Å². The van der Waals surface area contributed by atoms with Gasteiger partial charge in [0.05, 0.1) is 11.6 Å². The number of thiazole rings is 1. The van der Waals surface area contributed by atoms with Crippen LogP contribution in [0.2, 0.25) is 0 Å². The molecular formula is C7H10ClN3S2. The highest BCUT2D eigenvalue weighted by Crippen LogP contribution is 2.16. The SMILES string of the molecule is CCNC(=S)Nc1nc(CCl)cs1. The minimum absolute atomic E-state index is 0.437. The quantitative estimate of drug-likeness (QED) is 0.622. The average Bonchev–Trinajstić information content (AvgIpc) is 2.52. The molecule has 1 aromatic heterocycles. The Hall–Kier alpha value is -0.390. The first-order valence-electron chi connectivity index (χ1n) is 3.81. The fourth-order valence-corrected chi connectivity index (χ4v) is 1.98. The van der Waals surface area contributed by atoms with E-state index in [1.807, 2.05) is 12.3 Å². The second-order valence-corrected chi connectivity index (χ2v) is 3.80. The van der Waals surface area contributed by atoms with Gasteiger partial charge in [-0.05, 0) is 19.1 Å². The Morgan fingerprint density at radius 2 is 2.54 bits per heavy atom. The number of rotatable bonds is 3. The molecule has 0 saturated heterocycles. The zero-order valence-corrected chi connectivity index (χ0v) is 9.52. The van der Waals surface area contributed by atoms with Gasteiger partial charge in [-0.25, -0.2) is 4.98 Å². The van der Waals surface area contributed by atoms with Gasteiger partial charge in [-0.1, -0.05) is 0 Å². The molecule has 0 aliphatic carbocycles. The Bertz CT molecular complexity index is 287. The van der Waals surface area contributed by atoms with Crippen LogP contribution in [-0.4, -0.2) is 16.6 Å². The number of anilines is 1. The van der Waals surface area contributed by atoms with E-state index in [2.05, 4.69) is 15.6 Å². The van der Waals surface area contributed by atoms with Gasteiger partial charge in [0.1, 0.15) is 0 Å². The molecule has 1 heterocycles. The summed E-state index contributed by atoms with van der Waals surface area (Å²) in [7, 11) is 0. The third-order valence-corrected chi connectivity index (χ3v) is 2.57. The van der Waals surface area contributed by atoms with Crippen molar-refractivity contribution >= 4 is 45.4 Å². The molecule has 72 valence electrons. The van der Waals surface area contributed by atoms with E-state index in [1.165, 1.54) is 11.3 Å². The summed E-state index contributed by atoms with van der Waals surface area (Å²) in [6, 6.07) is 0. The van der Waals surface area contributed by atoms with Gasteiger partial charge >= 0.3 is 0 Å². The predicted molar refractivity (Wildman–Crippen MR) is 61.6 cm³/mol. The highest BCUT2D eigenvalue weighted by molar-refractivity contribution is 7.80. The summed E-state index contributed by atoms with van der Waals surface area (Å²) in [5.74, 6) is 0.437. The van der Waals surface area contributed by atoms with Crippen molar-refractivity contribution in [2.45, 2.75) is 12.8 Å². The summed E-state index contributed by atoms with van der Waals surface area (Å²) in [6.45, 7) is 2.79. The fraction of sp³-hybridized carbons (Fsp3) is 0.429. The molecule has 1 rings (SSSR count). The van der Waals surface area contributed by atoms with E-state index in [1.54, 1.807) is 0 Å². The number of hydrogen-bond donors (Lipinski definition) is 2. The van der Waals surface area contributed by atoms with E-state index in [-0.39, 0.29) is 0 Å². The Labute approximate surface area is 91.5 Å². The second-order valence-electron chi connectivity index (χ2n) is 2.26. The van der Waals surface area contributed by atoms with Crippen molar-refractivity contribution in [2.24, 2.45) is 0 Å². The fourth-order valence-electron chi connectivity index (χ4n) is 0.728. The van der Waals surface area contributed by atoms with Crippen LogP contribution in [0.4, 0.5) is 5.13 Å². The maximum Gasteiger partial charge on any atom is 0.189 e. The van der Waals surface area contributed by atoms with Gasteiger partial charge in [0.25, 0.3) is 0 Å². The molecule has 1 aromatic rings. The molecule has 0 atom stereocenters. The van der Waals surface area contributed by atoms with Gasteiger partial charge < -0.3 is 10.6 Å². The zero-order chi connectivity index (χ0) is 9.68. The lowest BCUT2D eigenvalue weighted by Crippen LogP contribution is -2.27. The van der Waals surface area contributed by atoms with Gasteiger partial charge in [0.15, 0.2) is 10.2 Å². The molecule has 0 radical (unpaired) electrons. The summed E-state index contributed by atoms with van der Waals surface area (Å²) in [4.78, 5) is 4.20. The minimum Gasteiger partial charge on any atom is -0.363 e. The summed E-state index contributed by atoms with van der Waals surface area (Å²) in [5, 5.41) is 9.22. The monoisotopic (exact) mass is 235 g/mol. The van der Waals surface area contributed by atoms with Crippen molar-refractivity contribution in [3.63, 3.8) is 0 Å². The van der Waals surface area contributed by atoms with E-state index < -0.39 is 0 Å². The van der Waals surface area contributed by atoms with Crippen molar-refractivity contribution in [3.8, 4) is 0 Å². The molecule has 0 aromatic carbocycles. The Balaban J connectivity index is 2.49. The van der Waals surface area contributed by atoms with E-state index in [0.717, 1.165) is 17.4 Å². The standard InChI is InChI=1S/C7H10ClN3S2/c1-2-9-6(12)11-7-10-5(3-8)4-13-7/h4H,2-3H2,1H3,(H2,9,10,11,12). The van der Waals surface area contributed by atoms with Gasteiger partial charge in [-0.15, -0.1) is 22.9 Å². The van der Waals surface area contributed by atoms with E-state index in [9.17, 15) is 0 Å². The largest absolute Gasteiger partial charge is 0.363 e. The minimum atomic E-state index is 0.437. The van der Waals surface area contributed by atoms with Crippen LogP contribution in [0.3, 0.4) is 0 Å². The lowest BCUT2D eigenvalue weighted by molar-refractivity contribution is 0.979. The van der Waals surface area contributed by atoms with Crippen molar-refractivity contribution < 1.29 is 0 Å². The number of alkyl halides is 1. The molecule has 0 fully saturated rings. The first kappa shape index (κ1) is 10.7. The summed E-state index contributed by atoms with van der Waals surface area (Å²) in [6.07, 6.45) is 0. The summed E-state index contributed by atoms with van der Waals surface area (Å²) < 4.78 is 0. The van der Waals surface area contributed by atoms with Crippen molar-refractivity contribution in [2.75, 3.05) is 11.9 Å². The molecule has 0 aliphatic heterocycles. The molecule has 2 N–H and O–H groups in total. The maximum atomic E-state index is 5.61. The van der Waals surface area contributed by atoms with Crippen LogP contribution < -0.4 is 10.6 Å². The number of nitrogens with zero attached hydrogens (tertiary/aromatic N) is 1. The number of hydrogen-bond acceptors (Lipinski definition) is 3. The van der Waals surface area contributed by atoms with Crippen LogP contribution in [0, 0.1) is 0 Å². The Kier molecular flexibility index (Phi) is 4.41. The first-order valence-corrected chi connectivity index (χ1v) is 5.63. The first-order chi connectivity index (χ1) is 6.26. The van der Waals surface area contributed by atoms with Gasteiger partial charge in [-0.2, -0.15) is 0 Å². The second kappa shape index (κ2) is 5.36. The lowest BCUT2D eigenvalue weighted by atomic mass is 10.6. The number of aromatic nitrogens is 1. The Morgan fingerprint density at radius 1 is 1.77 bits per heavy atom. The molecule has 0 spiro atoms. The molecule has 13 heavy (non-hydrogen) atoms. The van der Waals surface area contributed by atoms with Crippen LogP contribution in [0.15, 0.2) is 5.38 Å². The van der Waals surface area contributed by atoms with Gasteiger partial charge in [0.2, 0.25) is 0 Å². The molecule has 0 bridgehead atoms. The molecule has 6 heteroatoms. The number of nitrogens with one attached hydrogen (secondary N) is 2. The zero-order valence-electron chi connectivity index (χ0n) is 7.13. The van der Waals surface area contributed by atoms with Crippen LogP contribution in [0.1, 0.15) is 12.6 Å². The average molecular weight is 236 g/mol. The highest BCUT2D eigenvalue weighted by atomic mass is 35.5. The maximum absolute atomic E-state index is 5.61. The Morgan fingerprint density at radius 3 is 3.08 bits per heavy atom. The predicted octanol–water partition coefficient (Wildman–Crippen LogP) is 2.19. The number of halogens is 1. The van der Waals surface area contributed by atoms with E-state index in [0.29, 0.717) is 11.0 Å². The molecule has 0 unspecified atom stereocenters. The highest BCUT2D eigenvalue weighted by Gasteiger charge is 2.01. The van der Waals surface area contributed by atoms with Gasteiger partial charge in [0, 0.05) is 11.9 Å². The summed E-state index contributed by atoms with van der Waals surface area (Å²) in [5.41, 5.74) is 0.869. The van der Waals surface area contributed by atoms with Crippen molar-refractivity contribution in [1.82, 2.24) is 10.3 Å². The third kappa shape index (κ3) is 3.46. The van der Waals surface area contributed by atoms with Crippen molar-refractivity contribution in [1.29, 1.82) is 0 Å². The lowest BCUT2D eigenvalue weighted by Gasteiger charge is -2.04. The van der Waals surface area contributed by atoms with E-state index >= 15 is 0 Å².